The van der Waals surface area contributed by atoms with Gasteiger partial charge < -0.3 is 10.6 Å². The van der Waals surface area contributed by atoms with E-state index < -0.39 is 0 Å². The summed E-state index contributed by atoms with van der Waals surface area (Å²) in [6, 6.07) is 0. The van der Waals surface area contributed by atoms with Crippen LogP contribution in [0.15, 0.2) is 11.7 Å². The Morgan fingerprint density at radius 1 is 1.47 bits per heavy atom. The zero-order valence-corrected chi connectivity index (χ0v) is 11.8. The van der Waals surface area contributed by atoms with Crippen LogP contribution in [0.1, 0.15) is 19.8 Å². The van der Waals surface area contributed by atoms with E-state index in [0.717, 1.165) is 49.1 Å². The summed E-state index contributed by atoms with van der Waals surface area (Å²) in [7, 11) is 0. The van der Waals surface area contributed by atoms with Gasteiger partial charge in [0.1, 0.15) is 0 Å². The topological polar surface area (TPSA) is 83.7 Å². The number of nitrogens with one attached hydrogen (secondary N) is 1. The van der Waals surface area contributed by atoms with Gasteiger partial charge in [0.15, 0.2) is 5.82 Å². The molecule has 0 saturated carbocycles. The van der Waals surface area contributed by atoms with Gasteiger partial charge >= 0.3 is 0 Å². The zero-order chi connectivity index (χ0) is 13.3. The maximum Gasteiger partial charge on any atom is 0.245 e. The molecule has 102 valence electrons. The lowest BCUT2D eigenvalue weighted by Crippen LogP contribution is -2.42. The molecule has 1 aliphatic heterocycles. The molecule has 1 saturated heterocycles. The highest BCUT2D eigenvalue weighted by atomic mass is 32.1. The second kappa shape index (κ2) is 4.90. The van der Waals surface area contributed by atoms with Crippen LogP contribution < -0.4 is 10.6 Å². The van der Waals surface area contributed by atoms with Gasteiger partial charge in [-0.25, -0.2) is 0 Å². The first kappa shape index (κ1) is 12.6. The number of aromatic amines is 1. The third kappa shape index (κ3) is 2.48. The number of hydrogen-bond acceptors (Lipinski definition) is 6. The average Bonchev–Trinajstić information content (AvgIpc) is 3.10. The van der Waals surface area contributed by atoms with Crippen LogP contribution in [0.4, 0.5) is 5.95 Å². The van der Waals surface area contributed by atoms with Crippen LogP contribution in [0, 0.1) is 5.41 Å². The molecule has 0 aromatic carbocycles. The largest absolute Gasteiger partial charge is 0.339 e. The van der Waals surface area contributed by atoms with E-state index in [1.807, 2.05) is 0 Å². The fourth-order valence-corrected chi connectivity index (χ4v) is 2.85. The van der Waals surface area contributed by atoms with Crippen LogP contribution >= 0.6 is 11.3 Å². The fraction of sp³-hybridized carbons (Fsp3) is 0.583. The zero-order valence-electron chi connectivity index (χ0n) is 11.0. The number of H-pyrrole nitrogens is 1. The standard InChI is InChI=1S/C12H18N6S/c1-12(7-13)2-4-18(5-3-12)11-15-10(16-17-11)9-6-14-8-19-9/h6,8H,2-5,7,13H2,1H3,(H,15,16,17). The number of anilines is 1. The van der Waals surface area contributed by atoms with Gasteiger partial charge in [-0.15, -0.1) is 16.4 Å². The Morgan fingerprint density at radius 3 is 2.89 bits per heavy atom. The molecular weight excluding hydrogens is 260 g/mol. The molecule has 0 atom stereocenters. The van der Waals surface area contributed by atoms with Crippen LogP contribution in [0.5, 0.6) is 0 Å². The molecule has 0 unspecified atom stereocenters. The van der Waals surface area contributed by atoms with Crippen molar-refractivity contribution < 1.29 is 0 Å². The van der Waals surface area contributed by atoms with Gasteiger partial charge in [0.25, 0.3) is 0 Å². The summed E-state index contributed by atoms with van der Waals surface area (Å²) in [5.74, 6) is 1.58. The highest BCUT2D eigenvalue weighted by Crippen LogP contribution is 2.31. The van der Waals surface area contributed by atoms with Gasteiger partial charge in [0, 0.05) is 19.3 Å². The summed E-state index contributed by atoms with van der Waals surface area (Å²) in [6.07, 6.45) is 3.98. The first-order valence-corrected chi connectivity index (χ1v) is 7.34. The summed E-state index contributed by atoms with van der Waals surface area (Å²) in [6.45, 7) is 4.94. The Bertz CT molecular complexity index is 526. The van der Waals surface area contributed by atoms with Gasteiger partial charge in [0.05, 0.1) is 10.4 Å². The van der Waals surface area contributed by atoms with Gasteiger partial charge in [-0.3, -0.25) is 10.1 Å². The monoisotopic (exact) mass is 278 g/mol. The van der Waals surface area contributed by atoms with Crippen LogP contribution in [0.25, 0.3) is 10.7 Å². The number of thiazole rings is 1. The molecule has 3 rings (SSSR count). The van der Waals surface area contributed by atoms with Crippen molar-refractivity contribution in [1.29, 1.82) is 0 Å². The molecule has 19 heavy (non-hydrogen) atoms. The number of piperidine rings is 1. The highest BCUT2D eigenvalue weighted by Gasteiger charge is 2.30. The van der Waals surface area contributed by atoms with Crippen LogP contribution in [0.2, 0.25) is 0 Å². The molecule has 1 aliphatic rings. The Hall–Kier alpha value is -1.47. The maximum absolute atomic E-state index is 5.83. The van der Waals surface area contributed by atoms with Crippen molar-refractivity contribution in [2.45, 2.75) is 19.8 Å². The van der Waals surface area contributed by atoms with Crippen molar-refractivity contribution in [3.8, 4) is 10.7 Å². The minimum Gasteiger partial charge on any atom is -0.339 e. The predicted octanol–water partition coefficient (Wildman–Crippen LogP) is 1.49. The third-order valence-electron chi connectivity index (χ3n) is 3.89. The quantitative estimate of drug-likeness (QED) is 0.888. The normalized spacial score (nSPS) is 18.7. The van der Waals surface area contributed by atoms with Crippen molar-refractivity contribution in [2.24, 2.45) is 11.1 Å². The molecule has 0 spiro atoms. The summed E-state index contributed by atoms with van der Waals surface area (Å²) in [4.78, 5) is 11.8. The summed E-state index contributed by atoms with van der Waals surface area (Å²) >= 11 is 1.56. The Balaban J connectivity index is 1.71. The number of nitrogens with zero attached hydrogens (tertiary/aromatic N) is 4. The molecule has 2 aromatic heterocycles. The summed E-state index contributed by atoms with van der Waals surface area (Å²) in [5.41, 5.74) is 7.90. The molecular formula is C12H18N6S. The molecule has 7 heteroatoms. The van der Waals surface area contributed by atoms with Crippen molar-refractivity contribution in [1.82, 2.24) is 20.2 Å². The van der Waals surface area contributed by atoms with Crippen LogP contribution in [-0.2, 0) is 0 Å². The van der Waals surface area contributed by atoms with Gasteiger partial charge in [0.2, 0.25) is 5.95 Å². The fourth-order valence-electron chi connectivity index (χ4n) is 2.29. The maximum atomic E-state index is 5.83. The summed E-state index contributed by atoms with van der Waals surface area (Å²) in [5, 5.41) is 7.29. The van der Waals surface area contributed by atoms with E-state index in [1.54, 1.807) is 23.0 Å². The van der Waals surface area contributed by atoms with E-state index in [0.29, 0.717) is 0 Å². The lowest BCUT2D eigenvalue weighted by Gasteiger charge is -2.38. The first-order valence-electron chi connectivity index (χ1n) is 6.46. The van der Waals surface area contributed by atoms with Crippen molar-refractivity contribution in [3.05, 3.63) is 11.7 Å². The molecule has 3 N–H and O–H groups in total. The highest BCUT2D eigenvalue weighted by molar-refractivity contribution is 7.13. The molecule has 6 nitrogen and oxygen atoms in total. The van der Waals surface area contributed by atoms with E-state index in [4.69, 9.17) is 5.73 Å². The number of nitrogens with two attached hydrogens (primary N) is 1. The van der Waals surface area contributed by atoms with E-state index >= 15 is 0 Å². The number of aromatic nitrogens is 4. The molecule has 2 aromatic rings. The van der Waals surface area contributed by atoms with Gasteiger partial charge in [-0.1, -0.05) is 6.92 Å². The molecule has 1 fully saturated rings. The third-order valence-corrected chi connectivity index (χ3v) is 4.67. The molecule has 0 radical (unpaired) electrons. The second-order valence-corrected chi connectivity index (χ2v) is 6.24. The van der Waals surface area contributed by atoms with Crippen molar-refractivity contribution >= 4 is 17.3 Å². The Morgan fingerprint density at radius 2 is 2.26 bits per heavy atom. The average molecular weight is 278 g/mol. The molecule has 0 aliphatic carbocycles. The van der Waals surface area contributed by atoms with Crippen LogP contribution in [0.3, 0.4) is 0 Å². The van der Waals surface area contributed by atoms with E-state index in [1.165, 1.54) is 0 Å². The lowest BCUT2D eigenvalue weighted by atomic mass is 9.81. The lowest BCUT2D eigenvalue weighted by molar-refractivity contribution is 0.257. The van der Waals surface area contributed by atoms with Crippen molar-refractivity contribution in [2.75, 3.05) is 24.5 Å². The molecule has 0 amide bonds. The second-order valence-electron chi connectivity index (χ2n) is 5.35. The smallest absolute Gasteiger partial charge is 0.245 e. The van der Waals surface area contributed by atoms with E-state index in [2.05, 4.69) is 32.0 Å². The first-order chi connectivity index (χ1) is 9.20. The van der Waals surface area contributed by atoms with Crippen molar-refractivity contribution in [3.63, 3.8) is 0 Å². The van der Waals surface area contributed by atoms with Gasteiger partial charge in [-0.2, -0.15) is 4.98 Å². The van der Waals surface area contributed by atoms with E-state index in [9.17, 15) is 0 Å². The molecule has 0 bridgehead atoms. The number of rotatable bonds is 3. The minimum absolute atomic E-state index is 0.271. The minimum atomic E-state index is 0.271. The number of hydrogen-bond donors (Lipinski definition) is 2. The van der Waals surface area contributed by atoms with Crippen LogP contribution in [-0.4, -0.2) is 39.8 Å². The Labute approximate surface area is 116 Å². The molecule has 3 heterocycles. The summed E-state index contributed by atoms with van der Waals surface area (Å²) < 4.78 is 0. The SMILES string of the molecule is CC1(CN)CCN(c2n[nH]c(-c3cncs3)n2)CC1. The van der Waals surface area contributed by atoms with E-state index in [-0.39, 0.29) is 5.41 Å². The van der Waals surface area contributed by atoms with Gasteiger partial charge in [-0.05, 0) is 24.8 Å². The predicted molar refractivity (Wildman–Crippen MR) is 76.1 cm³/mol. The Kier molecular flexibility index (Phi) is 3.24.